The Kier molecular flexibility index (Phi) is 3.89. The molecule has 5 heteroatoms. The zero-order valence-corrected chi connectivity index (χ0v) is 10.7. The van der Waals surface area contributed by atoms with Crippen molar-refractivity contribution < 1.29 is 5.21 Å². The van der Waals surface area contributed by atoms with Crippen LogP contribution in [0.25, 0.3) is 0 Å². The van der Waals surface area contributed by atoms with Gasteiger partial charge >= 0.3 is 0 Å². The van der Waals surface area contributed by atoms with E-state index in [1.807, 2.05) is 0 Å². The van der Waals surface area contributed by atoms with E-state index in [2.05, 4.69) is 22.0 Å². The van der Waals surface area contributed by atoms with E-state index in [1.54, 1.807) is 0 Å². The number of amidine groups is 1. The summed E-state index contributed by atoms with van der Waals surface area (Å²) in [4.78, 5) is 4.93. The van der Waals surface area contributed by atoms with Gasteiger partial charge in [-0.1, -0.05) is 5.16 Å². The Hall–Kier alpha value is -0.810. The quantitative estimate of drug-likeness (QED) is 0.326. The summed E-state index contributed by atoms with van der Waals surface area (Å²) in [7, 11) is 2.19. The number of nitrogens with two attached hydrogens (primary N) is 1. The number of hydrogen-bond donors (Lipinski definition) is 2. The van der Waals surface area contributed by atoms with Crippen molar-refractivity contribution in [2.75, 3.05) is 39.8 Å². The van der Waals surface area contributed by atoms with E-state index in [4.69, 9.17) is 10.9 Å². The molecule has 0 bridgehead atoms. The van der Waals surface area contributed by atoms with Crippen LogP contribution in [0.15, 0.2) is 5.16 Å². The van der Waals surface area contributed by atoms with Crippen LogP contribution in [0.1, 0.15) is 25.7 Å². The van der Waals surface area contributed by atoms with Crippen molar-refractivity contribution in [3.05, 3.63) is 0 Å². The minimum absolute atomic E-state index is 0.305. The molecule has 2 fully saturated rings. The first-order valence-electron chi connectivity index (χ1n) is 6.51. The minimum atomic E-state index is 0.305. The second kappa shape index (κ2) is 5.23. The van der Waals surface area contributed by atoms with Gasteiger partial charge in [0, 0.05) is 26.1 Å². The van der Waals surface area contributed by atoms with Crippen LogP contribution >= 0.6 is 0 Å². The van der Waals surface area contributed by atoms with Crippen molar-refractivity contribution in [1.82, 2.24) is 9.80 Å². The van der Waals surface area contributed by atoms with Gasteiger partial charge in [0.25, 0.3) is 0 Å². The molecule has 1 heterocycles. The number of oxime groups is 1. The van der Waals surface area contributed by atoms with Crippen LogP contribution in [-0.4, -0.2) is 60.6 Å². The lowest BCUT2D eigenvalue weighted by Gasteiger charge is -2.25. The first kappa shape index (κ1) is 12.6. The van der Waals surface area contributed by atoms with E-state index in [-0.39, 0.29) is 0 Å². The molecule has 0 amide bonds. The second-order valence-electron chi connectivity index (χ2n) is 5.70. The van der Waals surface area contributed by atoms with Crippen LogP contribution in [0.4, 0.5) is 0 Å². The molecule has 1 aliphatic heterocycles. The molecule has 1 saturated heterocycles. The summed E-state index contributed by atoms with van der Waals surface area (Å²) in [5, 5.41) is 11.8. The van der Waals surface area contributed by atoms with Crippen molar-refractivity contribution in [3.63, 3.8) is 0 Å². The van der Waals surface area contributed by atoms with Crippen LogP contribution in [0, 0.1) is 5.41 Å². The summed E-state index contributed by atoms with van der Waals surface area (Å²) in [6, 6.07) is 0. The minimum Gasteiger partial charge on any atom is -0.409 e. The molecule has 1 aliphatic carbocycles. The molecule has 1 saturated carbocycles. The number of hydrogen-bond acceptors (Lipinski definition) is 4. The molecule has 0 atom stereocenters. The van der Waals surface area contributed by atoms with Gasteiger partial charge in [0.05, 0.1) is 0 Å². The second-order valence-corrected chi connectivity index (χ2v) is 5.70. The Morgan fingerprint density at radius 2 is 2.06 bits per heavy atom. The maximum absolute atomic E-state index is 8.65. The van der Waals surface area contributed by atoms with Crippen LogP contribution < -0.4 is 5.73 Å². The molecular formula is C12H24N4O. The fourth-order valence-electron chi connectivity index (χ4n) is 2.72. The maximum Gasteiger partial charge on any atom is 0.139 e. The highest BCUT2D eigenvalue weighted by atomic mass is 16.4. The summed E-state index contributed by atoms with van der Waals surface area (Å²) < 4.78 is 0. The van der Waals surface area contributed by atoms with Gasteiger partial charge in [0.1, 0.15) is 5.84 Å². The Bertz CT molecular complexity index is 288. The average Bonchev–Trinajstić information content (AvgIpc) is 3.07. The maximum atomic E-state index is 8.65. The Morgan fingerprint density at radius 3 is 2.71 bits per heavy atom. The third-order valence-corrected chi connectivity index (χ3v) is 4.01. The Balaban J connectivity index is 1.83. The number of nitrogens with zero attached hydrogens (tertiary/aromatic N) is 3. The van der Waals surface area contributed by atoms with Crippen molar-refractivity contribution in [2.45, 2.75) is 25.7 Å². The average molecular weight is 240 g/mol. The lowest BCUT2D eigenvalue weighted by Crippen LogP contribution is -2.35. The van der Waals surface area contributed by atoms with E-state index in [0.29, 0.717) is 11.3 Å². The van der Waals surface area contributed by atoms with Crippen molar-refractivity contribution in [1.29, 1.82) is 0 Å². The summed E-state index contributed by atoms with van der Waals surface area (Å²) in [5.41, 5.74) is 5.94. The highest BCUT2D eigenvalue weighted by Gasteiger charge is 2.44. The fraction of sp³-hybridized carbons (Fsp3) is 0.917. The monoisotopic (exact) mass is 240 g/mol. The lowest BCUT2D eigenvalue weighted by atomic mass is 10.0. The van der Waals surface area contributed by atoms with Gasteiger partial charge in [-0.3, -0.25) is 0 Å². The van der Waals surface area contributed by atoms with E-state index < -0.39 is 0 Å². The molecule has 2 aliphatic rings. The van der Waals surface area contributed by atoms with Crippen molar-refractivity contribution in [2.24, 2.45) is 16.3 Å². The van der Waals surface area contributed by atoms with Gasteiger partial charge < -0.3 is 20.7 Å². The molecular weight excluding hydrogens is 216 g/mol. The third kappa shape index (κ3) is 3.57. The predicted octanol–water partition coefficient (Wildman–Crippen LogP) is 0.541. The zero-order chi connectivity index (χ0) is 12.3. The van der Waals surface area contributed by atoms with E-state index in [9.17, 15) is 0 Å². The van der Waals surface area contributed by atoms with Crippen molar-refractivity contribution in [3.8, 4) is 0 Å². The van der Waals surface area contributed by atoms with Crippen LogP contribution in [0.3, 0.4) is 0 Å². The molecule has 0 aromatic heterocycles. The SMILES string of the molecule is CN1CCCN(CC2(CC(N)=NO)CC2)CC1. The van der Waals surface area contributed by atoms with Crippen LogP contribution in [0.2, 0.25) is 0 Å². The summed E-state index contributed by atoms with van der Waals surface area (Å²) >= 11 is 0. The lowest BCUT2D eigenvalue weighted by molar-refractivity contribution is 0.225. The van der Waals surface area contributed by atoms with Crippen LogP contribution in [0.5, 0.6) is 0 Å². The number of likely N-dealkylation sites (N-methyl/N-ethyl adjacent to an activating group) is 1. The summed E-state index contributed by atoms with van der Waals surface area (Å²) in [6.45, 7) is 5.79. The molecule has 0 aromatic carbocycles. The molecule has 0 spiro atoms. The van der Waals surface area contributed by atoms with Gasteiger partial charge in [-0.2, -0.15) is 0 Å². The molecule has 3 N–H and O–H groups in total. The van der Waals surface area contributed by atoms with Gasteiger partial charge in [0.2, 0.25) is 0 Å². The van der Waals surface area contributed by atoms with Crippen molar-refractivity contribution >= 4 is 5.84 Å². The van der Waals surface area contributed by atoms with Gasteiger partial charge in [-0.15, -0.1) is 0 Å². The first-order valence-corrected chi connectivity index (χ1v) is 6.51. The molecule has 17 heavy (non-hydrogen) atoms. The van der Waals surface area contributed by atoms with E-state index in [1.165, 1.54) is 32.4 Å². The van der Waals surface area contributed by atoms with Crippen LogP contribution in [-0.2, 0) is 0 Å². The molecule has 0 aromatic rings. The third-order valence-electron chi connectivity index (χ3n) is 4.01. The highest BCUT2D eigenvalue weighted by Crippen LogP contribution is 2.49. The Labute approximate surface area is 103 Å². The molecule has 5 nitrogen and oxygen atoms in total. The molecule has 0 radical (unpaired) electrons. The highest BCUT2D eigenvalue weighted by molar-refractivity contribution is 5.80. The molecule has 98 valence electrons. The van der Waals surface area contributed by atoms with Gasteiger partial charge in [-0.05, 0) is 44.8 Å². The molecule has 0 unspecified atom stereocenters. The number of rotatable bonds is 4. The topological polar surface area (TPSA) is 65.1 Å². The zero-order valence-electron chi connectivity index (χ0n) is 10.7. The van der Waals surface area contributed by atoms with E-state index >= 15 is 0 Å². The smallest absolute Gasteiger partial charge is 0.139 e. The van der Waals surface area contributed by atoms with E-state index in [0.717, 1.165) is 26.1 Å². The van der Waals surface area contributed by atoms with Gasteiger partial charge in [-0.25, -0.2) is 0 Å². The van der Waals surface area contributed by atoms with Gasteiger partial charge in [0.15, 0.2) is 0 Å². The fourth-order valence-corrected chi connectivity index (χ4v) is 2.72. The first-order chi connectivity index (χ1) is 8.13. The predicted molar refractivity (Wildman–Crippen MR) is 68.2 cm³/mol. The summed E-state index contributed by atoms with van der Waals surface area (Å²) in [5.74, 6) is 0.384. The largest absolute Gasteiger partial charge is 0.409 e. The standard InChI is InChI=1S/C12H24N4O/c1-15-5-2-6-16(8-7-15)10-12(3-4-12)9-11(13)14-17/h17H,2-10H2,1H3,(H2,13,14). The Morgan fingerprint density at radius 1 is 1.29 bits per heavy atom. The summed E-state index contributed by atoms with van der Waals surface area (Å²) in [6.07, 6.45) is 4.43. The normalized spacial score (nSPS) is 26.8. The molecule has 2 rings (SSSR count).